The van der Waals surface area contributed by atoms with Gasteiger partial charge in [-0.15, -0.1) is 0 Å². The minimum absolute atomic E-state index is 0.347. The maximum absolute atomic E-state index is 12.2. The van der Waals surface area contributed by atoms with E-state index in [1.165, 1.54) is 4.90 Å². The number of anilines is 2. The van der Waals surface area contributed by atoms with Gasteiger partial charge in [0.2, 0.25) is 0 Å². The van der Waals surface area contributed by atoms with Gasteiger partial charge < -0.3 is 15.4 Å². The summed E-state index contributed by atoms with van der Waals surface area (Å²) < 4.78 is 29.8. The van der Waals surface area contributed by atoms with E-state index in [9.17, 15) is 8.78 Å². The van der Waals surface area contributed by atoms with Crippen molar-refractivity contribution in [2.75, 3.05) is 30.8 Å². The number of rotatable bonds is 5. The zero-order valence-electron chi connectivity index (χ0n) is 9.41. The van der Waals surface area contributed by atoms with E-state index >= 15 is 0 Å². The van der Waals surface area contributed by atoms with E-state index in [0.717, 1.165) is 0 Å². The Balaban J connectivity index is 2.91. The average Bonchev–Trinajstić information content (AvgIpc) is 2.20. The van der Waals surface area contributed by atoms with Crippen LogP contribution in [0.15, 0.2) is 18.2 Å². The third-order valence-corrected chi connectivity index (χ3v) is 2.17. The molecule has 90 valence electrons. The molecule has 0 spiro atoms. The summed E-state index contributed by atoms with van der Waals surface area (Å²) in [6.45, 7) is 1.99. The first-order valence-corrected chi connectivity index (χ1v) is 5.06. The van der Waals surface area contributed by atoms with Crippen LogP contribution in [0.4, 0.5) is 20.2 Å². The van der Waals surface area contributed by atoms with Crippen LogP contribution in [0.1, 0.15) is 6.92 Å². The smallest absolute Gasteiger partial charge is 0.255 e. The molecular formula is C11H16F2N2O. The fraction of sp³-hybridized carbons (Fsp3) is 0.455. The van der Waals surface area contributed by atoms with Gasteiger partial charge in [-0.2, -0.15) is 0 Å². The lowest BCUT2D eigenvalue weighted by molar-refractivity contribution is 0.156. The first kappa shape index (κ1) is 12.5. The highest BCUT2D eigenvalue weighted by Crippen LogP contribution is 2.31. The predicted octanol–water partition coefficient (Wildman–Crippen LogP) is 2.37. The van der Waals surface area contributed by atoms with E-state index in [2.05, 4.69) is 0 Å². The number of nitrogens with zero attached hydrogens (tertiary/aromatic N) is 1. The van der Waals surface area contributed by atoms with Crippen LogP contribution < -0.4 is 15.4 Å². The highest BCUT2D eigenvalue weighted by molar-refractivity contribution is 5.73. The zero-order chi connectivity index (χ0) is 12.1. The minimum Gasteiger partial charge on any atom is -0.492 e. The zero-order valence-corrected chi connectivity index (χ0v) is 9.41. The molecule has 0 radical (unpaired) electrons. The summed E-state index contributed by atoms with van der Waals surface area (Å²) in [5.74, 6) is 0.529. The number of benzene rings is 1. The summed E-state index contributed by atoms with van der Waals surface area (Å²) in [5, 5.41) is 0. The number of hydrogen-bond acceptors (Lipinski definition) is 3. The van der Waals surface area contributed by atoms with Crippen LogP contribution in [0.5, 0.6) is 5.75 Å². The van der Waals surface area contributed by atoms with Crippen molar-refractivity contribution in [2.24, 2.45) is 0 Å². The molecule has 0 aromatic heterocycles. The molecular weight excluding hydrogens is 214 g/mol. The summed E-state index contributed by atoms with van der Waals surface area (Å²) in [4.78, 5) is 1.42. The molecule has 1 aromatic carbocycles. The largest absolute Gasteiger partial charge is 0.492 e. The van der Waals surface area contributed by atoms with Gasteiger partial charge in [-0.3, -0.25) is 0 Å². The Morgan fingerprint density at radius 3 is 2.69 bits per heavy atom. The first-order chi connectivity index (χ1) is 7.56. The van der Waals surface area contributed by atoms with Crippen molar-refractivity contribution >= 4 is 11.4 Å². The second-order valence-corrected chi connectivity index (χ2v) is 3.39. The number of halogens is 2. The molecule has 0 aliphatic heterocycles. The van der Waals surface area contributed by atoms with Gasteiger partial charge in [0.05, 0.1) is 24.5 Å². The number of hydrogen-bond donors (Lipinski definition) is 1. The Bertz CT molecular complexity index is 345. The lowest BCUT2D eigenvalue weighted by Gasteiger charge is -2.21. The summed E-state index contributed by atoms with van der Waals surface area (Å²) in [6.07, 6.45) is -2.39. The Hall–Kier alpha value is -1.52. The quantitative estimate of drug-likeness (QED) is 0.789. The predicted molar refractivity (Wildman–Crippen MR) is 61.3 cm³/mol. The molecule has 16 heavy (non-hydrogen) atoms. The molecule has 0 fully saturated rings. The van der Waals surface area contributed by atoms with Crippen LogP contribution in [0.3, 0.4) is 0 Å². The van der Waals surface area contributed by atoms with E-state index in [-0.39, 0.29) is 6.54 Å². The van der Waals surface area contributed by atoms with Crippen LogP contribution in [0.2, 0.25) is 0 Å². The maximum Gasteiger partial charge on any atom is 0.255 e. The second kappa shape index (κ2) is 5.53. The molecule has 3 nitrogen and oxygen atoms in total. The Kier molecular flexibility index (Phi) is 4.34. The van der Waals surface area contributed by atoms with Crippen LogP contribution in [0.25, 0.3) is 0 Å². The van der Waals surface area contributed by atoms with Gasteiger partial charge >= 0.3 is 0 Å². The molecule has 0 atom stereocenters. The molecule has 0 amide bonds. The third kappa shape index (κ3) is 2.98. The van der Waals surface area contributed by atoms with Crippen molar-refractivity contribution in [1.82, 2.24) is 0 Å². The number of alkyl halides is 2. The highest BCUT2D eigenvalue weighted by Gasteiger charge is 2.13. The van der Waals surface area contributed by atoms with Crippen molar-refractivity contribution in [3.8, 4) is 5.75 Å². The fourth-order valence-electron chi connectivity index (χ4n) is 1.45. The van der Waals surface area contributed by atoms with E-state index in [1.54, 1.807) is 25.2 Å². The standard InChI is InChI=1S/C11H16F2N2O/c1-3-16-9-6-4-5-8(11(9)14)15(2)7-10(12)13/h4-6,10H,3,7,14H2,1-2H3. The van der Waals surface area contributed by atoms with Crippen molar-refractivity contribution in [3.63, 3.8) is 0 Å². The SMILES string of the molecule is CCOc1cccc(N(C)CC(F)F)c1N. The molecule has 2 N–H and O–H groups in total. The lowest BCUT2D eigenvalue weighted by atomic mass is 10.2. The number of nitrogen functional groups attached to an aromatic ring is 1. The second-order valence-electron chi connectivity index (χ2n) is 3.39. The normalized spacial score (nSPS) is 10.6. The molecule has 1 aromatic rings. The lowest BCUT2D eigenvalue weighted by Crippen LogP contribution is -2.24. The van der Waals surface area contributed by atoms with Crippen molar-refractivity contribution in [2.45, 2.75) is 13.3 Å². The summed E-state index contributed by atoms with van der Waals surface area (Å²) in [5.41, 5.74) is 6.79. The number of nitrogens with two attached hydrogens (primary N) is 1. The van der Waals surface area contributed by atoms with Crippen molar-refractivity contribution in [1.29, 1.82) is 0 Å². The van der Waals surface area contributed by atoms with E-state index < -0.39 is 6.43 Å². The van der Waals surface area contributed by atoms with Gasteiger partial charge in [-0.05, 0) is 19.1 Å². The highest BCUT2D eigenvalue weighted by atomic mass is 19.3. The van der Waals surface area contributed by atoms with Gasteiger partial charge in [0.15, 0.2) is 0 Å². The van der Waals surface area contributed by atoms with Gasteiger partial charge in [-0.1, -0.05) is 6.07 Å². The third-order valence-electron chi connectivity index (χ3n) is 2.17. The molecule has 0 saturated carbocycles. The van der Waals surface area contributed by atoms with Crippen molar-refractivity contribution in [3.05, 3.63) is 18.2 Å². The topological polar surface area (TPSA) is 38.5 Å². The molecule has 1 rings (SSSR count). The molecule has 5 heteroatoms. The molecule has 0 aliphatic rings. The maximum atomic E-state index is 12.2. The summed E-state index contributed by atoms with van der Waals surface area (Å²) >= 11 is 0. The van der Waals surface area contributed by atoms with Gasteiger partial charge in [0, 0.05) is 7.05 Å². The molecule has 0 saturated heterocycles. The van der Waals surface area contributed by atoms with Gasteiger partial charge in [-0.25, -0.2) is 8.78 Å². The van der Waals surface area contributed by atoms with Crippen LogP contribution >= 0.6 is 0 Å². The average molecular weight is 230 g/mol. The molecule has 0 heterocycles. The van der Waals surface area contributed by atoms with Crippen LogP contribution in [0, 0.1) is 0 Å². The van der Waals surface area contributed by atoms with Crippen LogP contribution in [-0.4, -0.2) is 26.6 Å². The van der Waals surface area contributed by atoms with E-state index in [1.807, 2.05) is 6.92 Å². The monoisotopic (exact) mass is 230 g/mol. The summed E-state index contributed by atoms with van der Waals surface area (Å²) in [7, 11) is 1.58. The van der Waals surface area contributed by atoms with E-state index in [0.29, 0.717) is 23.7 Å². The summed E-state index contributed by atoms with van der Waals surface area (Å²) in [6, 6.07) is 5.15. The van der Waals surface area contributed by atoms with Crippen LogP contribution in [-0.2, 0) is 0 Å². The minimum atomic E-state index is -2.39. The van der Waals surface area contributed by atoms with Crippen molar-refractivity contribution < 1.29 is 13.5 Å². The Morgan fingerprint density at radius 1 is 1.44 bits per heavy atom. The first-order valence-electron chi connectivity index (χ1n) is 5.06. The van der Waals surface area contributed by atoms with Gasteiger partial charge in [0.25, 0.3) is 6.43 Å². The van der Waals surface area contributed by atoms with E-state index in [4.69, 9.17) is 10.5 Å². The van der Waals surface area contributed by atoms with Gasteiger partial charge in [0.1, 0.15) is 5.75 Å². The number of para-hydroxylation sites is 1. The fourth-order valence-corrected chi connectivity index (χ4v) is 1.45. The molecule has 0 unspecified atom stereocenters. The molecule has 0 bridgehead atoms. The number of ether oxygens (including phenoxy) is 1. The molecule has 0 aliphatic carbocycles. The Morgan fingerprint density at radius 2 is 2.12 bits per heavy atom. The Labute approximate surface area is 93.8 Å².